The zero-order chi connectivity index (χ0) is 12.0. The van der Waals surface area contributed by atoms with Gasteiger partial charge in [0.15, 0.2) is 11.5 Å². The highest BCUT2D eigenvalue weighted by molar-refractivity contribution is 9.13. The molecule has 0 heterocycles. The third-order valence-electron chi connectivity index (χ3n) is 1.91. The van der Waals surface area contributed by atoms with Crippen LogP contribution < -0.4 is 9.47 Å². The van der Waals surface area contributed by atoms with E-state index in [1.807, 2.05) is 12.1 Å². The average molecular weight is 352 g/mol. The first kappa shape index (κ1) is 13.8. The Morgan fingerprint density at radius 3 is 1.56 bits per heavy atom. The van der Waals surface area contributed by atoms with Gasteiger partial charge in [0, 0.05) is 8.95 Å². The Labute approximate surface area is 114 Å². The second kappa shape index (κ2) is 7.17. The lowest BCUT2D eigenvalue weighted by Crippen LogP contribution is -2.01. The van der Waals surface area contributed by atoms with Crippen LogP contribution in [0.25, 0.3) is 0 Å². The van der Waals surface area contributed by atoms with Crippen LogP contribution in [0.15, 0.2) is 21.1 Å². The van der Waals surface area contributed by atoms with Crippen molar-refractivity contribution in [2.24, 2.45) is 0 Å². The van der Waals surface area contributed by atoms with Crippen molar-refractivity contribution in [2.45, 2.75) is 26.7 Å². The highest BCUT2D eigenvalue weighted by Crippen LogP contribution is 2.36. The minimum atomic E-state index is 0.705. The Kier molecular flexibility index (Phi) is 6.21. The molecule has 0 amide bonds. The lowest BCUT2D eigenvalue weighted by Gasteiger charge is -2.13. The minimum absolute atomic E-state index is 0.705. The number of rotatable bonds is 6. The summed E-state index contributed by atoms with van der Waals surface area (Å²) in [5.41, 5.74) is 0. The largest absolute Gasteiger partial charge is 0.490 e. The first-order chi connectivity index (χ1) is 7.69. The van der Waals surface area contributed by atoms with E-state index in [0.29, 0.717) is 13.2 Å². The van der Waals surface area contributed by atoms with Crippen molar-refractivity contribution < 1.29 is 9.47 Å². The summed E-state index contributed by atoms with van der Waals surface area (Å²) in [5.74, 6) is 1.59. The maximum absolute atomic E-state index is 5.64. The molecule has 0 saturated heterocycles. The summed E-state index contributed by atoms with van der Waals surface area (Å²) in [7, 11) is 0. The van der Waals surface area contributed by atoms with Crippen molar-refractivity contribution >= 4 is 31.9 Å². The molecule has 0 aromatic heterocycles. The average Bonchev–Trinajstić information content (AvgIpc) is 2.28. The SMILES string of the molecule is CCCOc1cc(Br)c(Br)cc1OCCC. The summed E-state index contributed by atoms with van der Waals surface area (Å²) in [5, 5.41) is 0. The Morgan fingerprint density at radius 2 is 1.25 bits per heavy atom. The second-order valence-corrected chi connectivity index (χ2v) is 5.12. The van der Waals surface area contributed by atoms with E-state index in [-0.39, 0.29) is 0 Å². The van der Waals surface area contributed by atoms with Gasteiger partial charge in [-0.3, -0.25) is 0 Å². The Bertz CT molecular complexity index is 307. The van der Waals surface area contributed by atoms with Gasteiger partial charge in [-0.2, -0.15) is 0 Å². The molecule has 0 spiro atoms. The van der Waals surface area contributed by atoms with Gasteiger partial charge >= 0.3 is 0 Å². The molecule has 2 nitrogen and oxygen atoms in total. The van der Waals surface area contributed by atoms with Gasteiger partial charge in [-0.15, -0.1) is 0 Å². The minimum Gasteiger partial charge on any atom is -0.490 e. The maximum Gasteiger partial charge on any atom is 0.162 e. The fourth-order valence-electron chi connectivity index (χ4n) is 1.16. The molecular weight excluding hydrogens is 336 g/mol. The molecule has 1 rings (SSSR count). The lowest BCUT2D eigenvalue weighted by atomic mass is 10.3. The van der Waals surface area contributed by atoms with Gasteiger partial charge < -0.3 is 9.47 Å². The molecule has 0 bridgehead atoms. The van der Waals surface area contributed by atoms with Crippen LogP contribution >= 0.6 is 31.9 Å². The number of hydrogen-bond donors (Lipinski definition) is 0. The zero-order valence-electron chi connectivity index (χ0n) is 9.56. The van der Waals surface area contributed by atoms with Crippen LogP contribution in [0.2, 0.25) is 0 Å². The number of hydrogen-bond acceptors (Lipinski definition) is 2. The lowest BCUT2D eigenvalue weighted by molar-refractivity contribution is 0.268. The summed E-state index contributed by atoms with van der Waals surface area (Å²) in [6.45, 7) is 5.58. The van der Waals surface area contributed by atoms with Crippen LogP contribution in [0.1, 0.15) is 26.7 Å². The van der Waals surface area contributed by atoms with Crippen molar-refractivity contribution in [3.8, 4) is 11.5 Å². The quantitative estimate of drug-likeness (QED) is 0.733. The molecule has 16 heavy (non-hydrogen) atoms. The summed E-state index contributed by atoms with van der Waals surface area (Å²) < 4.78 is 13.2. The number of ether oxygens (including phenoxy) is 2. The highest BCUT2D eigenvalue weighted by Gasteiger charge is 2.09. The van der Waals surface area contributed by atoms with Gasteiger partial charge in [0.1, 0.15) is 0 Å². The molecule has 1 aromatic rings. The molecule has 0 N–H and O–H groups in total. The van der Waals surface area contributed by atoms with E-state index in [9.17, 15) is 0 Å². The van der Waals surface area contributed by atoms with Gasteiger partial charge in [-0.25, -0.2) is 0 Å². The van der Waals surface area contributed by atoms with E-state index in [1.165, 1.54) is 0 Å². The molecule has 1 aromatic carbocycles. The Hall–Kier alpha value is -0.220. The first-order valence-electron chi connectivity index (χ1n) is 5.43. The molecule has 0 radical (unpaired) electrons. The molecule has 0 fully saturated rings. The molecule has 0 saturated carbocycles. The predicted molar refractivity (Wildman–Crippen MR) is 73.4 cm³/mol. The van der Waals surface area contributed by atoms with Gasteiger partial charge in [-0.1, -0.05) is 13.8 Å². The van der Waals surface area contributed by atoms with E-state index in [2.05, 4.69) is 45.7 Å². The van der Waals surface area contributed by atoms with E-state index in [4.69, 9.17) is 9.47 Å². The molecule has 4 heteroatoms. The van der Waals surface area contributed by atoms with E-state index in [0.717, 1.165) is 33.3 Å². The van der Waals surface area contributed by atoms with Crippen LogP contribution in [0, 0.1) is 0 Å². The monoisotopic (exact) mass is 350 g/mol. The molecule has 0 aliphatic heterocycles. The van der Waals surface area contributed by atoms with Crippen molar-refractivity contribution in [2.75, 3.05) is 13.2 Å². The fraction of sp³-hybridized carbons (Fsp3) is 0.500. The normalized spacial score (nSPS) is 10.2. The number of halogens is 2. The molecular formula is C12H16Br2O2. The smallest absolute Gasteiger partial charge is 0.162 e. The summed E-state index contributed by atoms with van der Waals surface area (Å²) in [6.07, 6.45) is 1.97. The standard InChI is InChI=1S/C12H16Br2O2/c1-3-5-15-11-7-9(13)10(14)8-12(11)16-6-4-2/h7-8H,3-6H2,1-2H3. The van der Waals surface area contributed by atoms with Crippen LogP contribution in [-0.4, -0.2) is 13.2 Å². The summed E-state index contributed by atoms with van der Waals surface area (Å²) in [4.78, 5) is 0. The Balaban J connectivity index is 2.87. The third kappa shape index (κ3) is 3.98. The maximum atomic E-state index is 5.64. The summed E-state index contributed by atoms with van der Waals surface area (Å²) >= 11 is 6.92. The van der Waals surface area contributed by atoms with E-state index >= 15 is 0 Å². The van der Waals surface area contributed by atoms with Crippen molar-refractivity contribution in [1.82, 2.24) is 0 Å². The van der Waals surface area contributed by atoms with Crippen LogP contribution in [-0.2, 0) is 0 Å². The van der Waals surface area contributed by atoms with Crippen molar-refractivity contribution in [3.05, 3.63) is 21.1 Å². The zero-order valence-corrected chi connectivity index (χ0v) is 12.7. The first-order valence-corrected chi connectivity index (χ1v) is 7.02. The van der Waals surface area contributed by atoms with Gasteiger partial charge in [0.05, 0.1) is 13.2 Å². The Morgan fingerprint density at radius 1 is 0.875 bits per heavy atom. The van der Waals surface area contributed by atoms with Gasteiger partial charge in [0.2, 0.25) is 0 Å². The fourth-order valence-corrected chi connectivity index (χ4v) is 1.80. The molecule has 90 valence electrons. The van der Waals surface area contributed by atoms with E-state index in [1.54, 1.807) is 0 Å². The van der Waals surface area contributed by atoms with Crippen molar-refractivity contribution in [1.29, 1.82) is 0 Å². The molecule has 0 aliphatic rings. The van der Waals surface area contributed by atoms with Crippen LogP contribution in [0.4, 0.5) is 0 Å². The van der Waals surface area contributed by atoms with Crippen molar-refractivity contribution in [3.63, 3.8) is 0 Å². The van der Waals surface area contributed by atoms with Gasteiger partial charge in [-0.05, 0) is 56.8 Å². The third-order valence-corrected chi connectivity index (χ3v) is 3.75. The topological polar surface area (TPSA) is 18.5 Å². The second-order valence-electron chi connectivity index (χ2n) is 3.41. The molecule has 0 atom stereocenters. The van der Waals surface area contributed by atoms with Crippen LogP contribution in [0.3, 0.4) is 0 Å². The summed E-state index contributed by atoms with van der Waals surface area (Å²) in [6, 6.07) is 3.87. The highest BCUT2D eigenvalue weighted by atomic mass is 79.9. The van der Waals surface area contributed by atoms with Gasteiger partial charge in [0.25, 0.3) is 0 Å². The molecule has 0 unspecified atom stereocenters. The van der Waals surface area contributed by atoms with E-state index < -0.39 is 0 Å². The van der Waals surface area contributed by atoms with Crippen LogP contribution in [0.5, 0.6) is 11.5 Å². The number of benzene rings is 1. The predicted octanol–water partition coefficient (Wildman–Crippen LogP) is 4.79. The molecule has 0 aliphatic carbocycles.